The lowest BCUT2D eigenvalue weighted by Crippen LogP contribution is -2.47. The Hall–Kier alpha value is -3.12. The zero-order chi connectivity index (χ0) is 22.4. The van der Waals surface area contributed by atoms with Gasteiger partial charge < -0.3 is 20.1 Å². The summed E-state index contributed by atoms with van der Waals surface area (Å²) in [7, 11) is 4.12. The molecule has 1 unspecified atom stereocenters. The number of nitrogens with one attached hydrogen (secondary N) is 2. The van der Waals surface area contributed by atoms with Crippen LogP contribution in [0.5, 0.6) is 0 Å². The number of nitrogens with zero attached hydrogens (tertiary/aromatic N) is 2. The van der Waals surface area contributed by atoms with Gasteiger partial charge in [0.05, 0.1) is 6.42 Å². The first-order chi connectivity index (χ1) is 14.8. The van der Waals surface area contributed by atoms with Crippen LogP contribution >= 0.6 is 0 Å². The number of hydrogen-bond acceptors (Lipinski definition) is 3. The van der Waals surface area contributed by atoms with Gasteiger partial charge in [-0.3, -0.25) is 9.59 Å². The number of carbonyl (C=O) groups excluding carboxylic acids is 2. The average molecular weight is 421 g/mol. The second-order valence-electron chi connectivity index (χ2n) is 8.53. The highest BCUT2D eigenvalue weighted by atomic mass is 16.2. The Morgan fingerprint density at radius 1 is 1.03 bits per heavy atom. The third kappa shape index (κ3) is 6.18. The van der Waals surface area contributed by atoms with E-state index in [1.807, 2.05) is 62.4 Å². The molecule has 1 aromatic heterocycles. The Kier molecular flexibility index (Phi) is 7.47. The van der Waals surface area contributed by atoms with Gasteiger partial charge in [0.15, 0.2) is 0 Å². The molecule has 6 heteroatoms. The highest BCUT2D eigenvalue weighted by Gasteiger charge is 2.24. The zero-order valence-electron chi connectivity index (χ0n) is 18.8. The molecule has 0 aliphatic rings. The van der Waals surface area contributed by atoms with Crippen molar-refractivity contribution < 1.29 is 9.59 Å². The Balaban J connectivity index is 1.66. The maximum Gasteiger partial charge on any atom is 0.247 e. The number of carbonyl (C=O) groups is 2. The smallest absolute Gasteiger partial charge is 0.247 e. The van der Waals surface area contributed by atoms with Crippen LogP contribution in [0.2, 0.25) is 0 Å². The third-order valence-corrected chi connectivity index (χ3v) is 5.30. The van der Waals surface area contributed by atoms with E-state index in [4.69, 9.17) is 0 Å². The molecule has 1 heterocycles. The van der Waals surface area contributed by atoms with Crippen molar-refractivity contribution in [2.45, 2.75) is 32.9 Å². The first-order valence-corrected chi connectivity index (χ1v) is 10.7. The van der Waals surface area contributed by atoms with E-state index in [0.717, 1.165) is 35.2 Å². The normalized spacial score (nSPS) is 12.3. The molecule has 0 spiro atoms. The van der Waals surface area contributed by atoms with Gasteiger partial charge in [0.1, 0.15) is 6.04 Å². The minimum atomic E-state index is -0.600. The highest BCUT2D eigenvalue weighted by Crippen LogP contribution is 2.21. The summed E-state index contributed by atoms with van der Waals surface area (Å²) in [6.07, 6.45) is 2.32. The number of fused-ring (bicyclic) bond motifs is 1. The molecule has 0 aliphatic carbocycles. The van der Waals surface area contributed by atoms with Crippen molar-refractivity contribution in [1.29, 1.82) is 0 Å². The van der Waals surface area contributed by atoms with Gasteiger partial charge in [0.25, 0.3) is 0 Å². The van der Waals surface area contributed by atoms with Gasteiger partial charge in [-0.15, -0.1) is 0 Å². The molecule has 3 rings (SSSR count). The SMILES string of the molecule is CC(C)C(NC(=O)Cc1ccccc1)C(=O)Nc1ccc2c(ccn2CCN(C)C)c1. The van der Waals surface area contributed by atoms with Crippen molar-refractivity contribution in [3.05, 3.63) is 66.4 Å². The lowest BCUT2D eigenvalue weighted by Gasteiger charge is -2.22. The second-order valence-corrected chi connectivity index (χ2v) is 8.53. The minimum absolute atomic E-state index is 0.0319. The largest absolute Gasteiger partial charge is 0.346 e. The molecule has 0 saturated heterocycles. The van der Waals surface area contributed by atoms with E-state index in [1.54, 1.807) is 0 Å². The molecule has 3 aromatic rings. The van der Waals surface area contributed by atoms with E-state index in [9.17, 15) is 9.59 Å². The summed E-state index contributed by atoms with van der Waals surface area (Å²) in [6.45, 7) is 5.73. The number of likely N-dealkylation sites (N-methyl/N-ethyl adjacent to an activating group) is 1. The lowest BCUT2D eigenvalue weighted by molar-refractivity contribution is -0.127. The van der Waals surface area contributed by atoms with E-state index in [0.29, 0.717) is 0 Å². The molecule has 31 heavy (non-hydrogen) atoms. The number of rotatable bonds is 9. The van der Waals surface area contributed by atoms with Crippen molar-refractivity contribution in [3.63, 3.8) is 0 Å². The summed E-state index contributed by atoms with van der Waals surface area (Å²) >= 11 is 0. The molecule has 1 atom stereocenters. The Bertz CT molecular complexity index is 1020. The predicted octanol–water partition coefficient (Wildman–Crippen LogP) is 3.52. The zero-order valence-corrected chi connectivity index (χ0v) is 18.8. The molecular weight excluding hydrogens is 388 g/mol. The van der Waals surface area contributed by atoms with Gasteiger partial charge >= 0.3 is 0 Å². The van der Waals surface area contributed by atoms with Gasteiger partial charge in [-0.2, -0.15) is 0 Å². The van der Waals surface area contributed by atoms with Crippen LogP contribution in [0.4, 0.5) is 5.69 Å². The van der Waals surface area contributed by atoms with Crippen LogP contribution in [0.25, 0.3) is 10.9 Å². The van der Waals surface area contributed by atoms with E-state index in [1.165, 1.54) is 0 Å². The molecule has 0 aliphatic heterocycles. The Labute approximate surface area is 184 Å². The molecule has 6 nitrogen and oxygen atoms in total. The second kappa shape index (κ2) is 10.3. The Morgan fingerprint density at radius 3 is 2.45 bits per heavy atom. The number of benzene rings is 2. The van der Waals surface area contributed by atoms with Crippen LogP contribution in [0.15, 0.2) is 60.8 Å². The summed E-state index contributed by atoms with van der Waals surface area (Å²) in [5, 5.41) is 6.94. The molecule has 0 saturated carbocycles. The van der Waals surface area contributed by atoms with Crippen molar-refractivity contribution >= 4 is 28.4 Å². The first-order valence-electron chi connectivity index (χ1n) is 10.7. The molecular formula is C25H32N4O2. The lowest BCUT2D eigenvalue weighted by atomic mass is 10.0. The molecule has 0 fully saturated rings. The van der Waals surface area contributed by atoms with E-state index < -0.39 is 6.04 Å². The fourth-order valence-corrected chi connectivity index (χ4v) is 3.54. The van der Waals surface area contributed by atoms with Crippen LogP contribution in [0.3, 0.4) is 0 Å². The van der Waals surface area contributed by atoms with E-state index in [-0.39, 0.29) is 24.2 Å². The van der Waals surface area contributed by atoms with Gasteiger partial charge in [0, 0.05) is 35.9 Å². The molecule has 164 valence electrons. The summed E-state index contributed by atoms with van der Waals surface area (Å²) in [5.74, 6) is -0.396. The maximum atomic E-state index is 12.9. The van der Waals surface area contributed by atoms with Crippen molar-refractivity contribution in [3.8, 4) is 0 Å². The number of hydrogen-bond donors (Lipinski definition) is 2. The molecule has 2 N–H and O–H groups in total. The summed E-state index contributed by atoms with van der Waals surface area (Å²) < 4.78 is 2.21. The molecule has 2 aromatic carbocycles. The van der Waals surface area contributed by atoms with Crippen LogP contribution in [0, 0.1) is 5.92 Å². The molecule has 2 amide bonds. The van der Waals surface area contributed by atoms with E-state index >= 15 is 0 Å². The Morgan fingerprint density at radius 2 is 1.77 bits per heavy atom. The number of aromatic nitrogens is 1. The van der Waals surface area contributed by atoms with Crippen molar-refractivity contribution in [2.24, 2.45) is 5.92 Å². The molecule has 0 radical (unpaired) electrons. The fourth-order valence-electron chi connectivity index (χ4n) is 3.54. The average Bonchev–Trinajstić information content (AvgIpc) is 3.13. The number of amides is 2. The highest BCUT2D eigenvalue weighted by molar-refractivity contribution is 5.99. The molecule has 0 bridgehead atoms. The van der Waals surface area contributed by atoms with Gasteiger partial charge in [0.2, 0.25) is 11.8 Å². The van der Waals surface area contributed by atoms with Gasteiger partial charge in [-0.25, -0.2) is 0 Å². The van der Waals surface area contributed by atoms with E-state index in [2.05, 4.69) is 46.5 Å². The van der Waals surface area contributed by atoms with Crippen LogP contribution in [-0.2, 0) is 22.6 Å². The van der Waals surface area contributed by atoms with Crippen LogP contribution < -0.4 is 10.6 Å². The summed E-state index contributed by atoms with van der Waals surface area (Å²) in [6, 6.07) is 16.9. The predicted molar refractivity (Wildman–Crippen MR) is 126 cm³/mol. The fraction of sp³-hybridized carbons (Fsp3) is 0.360. The quantitative estimate of drug-likeness (QED) is 0.557. The van der Waals surface area contributed by atoms with Gasteiger partial charge in [-0.1, -0.05) is 44.2 Å². The maximum absolute atomic E-state index is 12.9. The number of anilines is 1. The topological polar surface area (TPSA) is 66.4 Å². The standard InChI is InChI=1S/C25H32N4O2/c1-18(2)24(27-23(30)16-19-8-6-5-7-9-19)25(31)26-21-10-11-22-20(17-21)12-13-29(22)15-14-28(3)4/h5-13,17-18,24H,14-16H2,1-4H3,(H,26,31)(H,27,30). The van der Waals surface area contributed by atoms with Crippen molar-refractivity contribution in [2.75, 3.05) is 26.0 Å². The summed E-state index contributed by atoms with van der Waals surface area (Å²) in [5.41, 5.74) is 2.79. The first kappa shape index (κ1) is 22.6. The van der Waals surface area contributed by atoms with Crippen molar-refractivity contribution in [1.82, 2.24) is 14.8 Å². The van der Waals surface area contributed by atoms with Gasteiger partial charge in [-0.05, 0) is 49.8 Å². The summed E-state index contributed by atoms with van der Waals surface area (Å²) in [4.78, 5) is 27.5. The minimum Gasteiger partial charge on any atom is -0.346 e. The third-order valence-electron chi connectivity index (χ3n) is 5.30. The van der Waals surface area contributed by atoms with Crippen LogP contribution in [0.1, 0.15) is 19.4 Å². The monoisotopic (exact) mass is 420 g/mol. The van der Waals surface area contributed by atoms with Crippen LogP contribution in [-0.4, -0.2) is 48.0 Å².